The van der Waals surface area contributed by atoms with E-state index >= 15 is 0 Å². The van der Waals surface area contributed by atoms with Gasteiger partial charge in [0.25, 0.3) is 0 Å². The number of esters is 1. The van der Waals surface area contributed by atoms with E-state index in [1.165, 1.54) is 0 Å². The summed E-state index contributed by atoms with van der Waals surface area (Å²) in [6.07, 6.45) is -1.57. The predicted molar refractivity (Wildman–Crippen MR) is 79.3 cm³/mol. The Morgan fingerprint density at radius 1 is 1.09 bits per heavy atom. The molecule has 1 aliphatic heterocycles. The van der Waals surface area contributed by atoms with Gasteiger partial charge in [0, 0.05) is 5.92 Å². The second-order valence-corrected chi connectivity index (χ2v) is 7.43. The van der Waals surface area contributed by atoms with Gasteiger partial charge in [-0.1, -0.05) is 0 Å². The minimum absolute atomic E-state index is 0.125. The first-order chi connectivity index (χ1) is 9.89. The summed E-state index contributed by atoms with van der Waals surface area (Å²) in [5.41, 5.74) is -1.39. The van der Waals surface area contributed by atoms with Crippen LogP contribution in [-0.4, -0.2) is 53.7 Å². The van der Waals surface area contributed by atoms with E-state index in [4.69, 9.17) is 14.2 Å². The van der Waals surface area contributed by atoms with Crippen LogP contribution in [0.5, 0.6) is 0 Å². The zero-order valence-corrected chi connectivity index (χ0v) is 14.1. The molecule has 0 aliphatic carbocycles. The minimum Gasteiger partial charge on any atom is -0.458 e. The van der Waals surface area contributed by atoms with Crippen molar-refractivity contribution < 1.29 is 28.9 Å². The highest BCUT2D eigenvalue weighted by atomic mass is 16.6. The van der Waals surface area contributed by atoms with Crippen LogP contribution >= 0.6 is 0 Å². The fourth-order valence-electron chi connectivity index (χ4n) is 2.02. The largest absolute Gasteiger partial charge is 0.458 e. The van der Waals surface area contributed by atoms with Crippen molar-refractivity contribution in [2.24, 2.45) is 5.92 Å². The van der Waals surface area contributed by atoms with Gasteiger partial charge in [0.1, 0.15) is 17.2 Å². The standard InChI is InChI=1S/C15H27NO6/c1-14(2,3)21-12(18)11(9-7-20-8-10(9)17)16-13(19)22-15(4,5)6/h9-11,17H,7-8H2,1-6H3,(H,16,19)/t9-,10-,11+/m1/s1. The molecule has 1 heterocycles. The Hall–Kier alpha value is -1.34. The molecule has 1 aliphatic rings. The maximum Gasteiger partial charge on any atom is 0.408 e. The second kappa shape index (κ2) is 6.83. The topological polar surface area (TPSA) is 94.1 Å². The zero-order valence-electron chi connectivity index (χ0n) is 14.1. The van der Waals surface area contributed by atoms with Crippen LogP contribution in [0.25, 0.3) is 0 Å². The molecule has 22 heavy (non-hydrogen) atoms. The molecule has 0 radical (unpaired) electrons. The SMILES string of the molecule is CC(C)(C)OC(=O)N[C@H](C(=O)OC(C)(C)C)[C@@H]1COC[C@H]1O. The number of alkyl carbamates (subject to hydrolysis) is 1. The van der Waals surface area contributed by atoms with Crippen LogP contribution in [0.3, 0.4) is 0 Å². The van der Waals surface area contributed by atoms with Gasteiger partial charge in [-0.15, -0.1) is 0 Å². The van der Waals surface area contributed by atoms with Crippen molar-refractivity contribution in [2.75, 3.05) is 13.2 Å². The molecule has 0 aromatic rings. The highest BCUT2D eigenvalue weighted by molar-refractivity contribution is 5.82. The van der Waals surface area contributed by atoms with Crippen LogP contribution in [0.2, 0.25) is 0 Å². The third kappa shape index (κ3) is 6.19. The molecule has 2 N–H and O–H groups in total. The van der Waals surface area contributed by atoms with E-state index in [0.717, 1.165) is 0 Å². The molecule has 0 bridgehead atoms. The van der Waals surface area contributed by atoms with E-state index in [9.17, 15) is 14.7 Å². The van der Waals surface area contributed by atoms with Crippen LogP contribution in [-0.2, 0) is 19.0 Å². The average Bonchev–Trinajstić information content (AvgIpc) is 2.67. The normalized spacial score (nSPS) is 23.8. The average molecular weight is 317 g/mol. The monoisotopic (exact) mass is 317 g/mol. The summed E-state index contributed by atoms with van der Waals surface area (Å²) in [5, 5.41) is 12.4. The van der Waals surface area contributed by atoms with Crippen molar-refractivity contribution in [3.63, 3.8) is 0 Å². The Kier molecular flexibility index (Phi) is 5.81. The summed E-state index contributed by atoms with van der Waals surface area (Å²) in [4.78, 5) is 24.3. The Morgan fingerprint density at radius 2 is 1.64 bits per heavy atom. The van der Waals surface area contributed by atoms with E-state index in [1.807, 2.05) is 0 Å². The lowest BCUT2D eigenvalue weighted by molar-refractivity contribution is -0.160. The Bertz CT molecular complexity index is 409. The van der Waals surface area contributed by atoms with Crippen molar-refractivity contribution in [3.05, 3.63) is 0 Å². The molecule has 128 valence electrons. The molecule has 0 aromatic carbocycles. The lowest BCUT2D eigenvalue weighted by Crippen LogP contribution is -2.52. The number of ether oxygens (including phenoxy) is 3. The molecule has 0 spiro atoms. The van der Waals surface area contributed by atoms with E-state index in [-0.39, 0.29) is 13.2 Å². The molecule has 0 unspecified atom stereocenters. The summed E-state index contributed by atoms with van der Waals surface area (Å²) >= 11 is 0. The second-order valence-electron chi connectivity index (χ2n) is 7.43. The number of rotatable bonds is 3. The van der Waals surface area contributed by atoms with Gasteiger partial charge >= 0.3 is 12.1 Å². The Morgan fingerprint density at radius 3 is 2.05 bits per heavy atom. The Balaban J connectivity index is 2.82. The quantitative estimate of drug-likeness (QED) is 0.760. The highest BCUT2D eigenvalue weighted by Gasteiger charge is 2.41. The van der Waals surface area contributed by atoms with Crippen LogP contribution in [0.15, 0.2) is 0 Å². The van der Waals surface area contributed by atoms with E-state index in [0.29, 0.717) is 0 Å². The number of hydrogen-bond donors (Lipinski definition) is 2. The molecule has 0 aromatic heterocycles. The predicted octanol–water partition coefficient (Wildman–Crippen LogP) is 1.23. The van der Waals surface area contributed by atoms with Gasteiger partial charge in [-0.3, -0.25) is 0 Å². The smallest absolute Gasteiger partial charge is 0.408 e. The van der Waals surface area contributed by atoms with Gasteiger partial charge in [-0.25, -0.2) is 9.59 Å². The summed E-state index contributed by atoms with van der Waals surface area (Å²) in [5.74, 6) is -1.18. The van der Waals surface area contributed by atoms with Crippen molar-refractivity contribution in [2.45, 2.75) is 64.9 Å². The molecular weight excluding hydrogens is 290 g/mol. The Labute approximate surface area is 131 Å². The van der Waals surface area contributed by atoms with Crippen molar-refractivity contribution in [1.82, 2.24) is 5.32 Å². The van der Waals surface area contributed by atoms with Crippen molar-refractivity contribution in [1.29, 1.82) is 0 Å². The van der Waals surface area contributed by atoms with Gasteiger partial charge in [-0.2, -0.15) is 0 Å². The molecule has 1 rings (SSSR count). The summed E-state index contributed by atoms with van der Waals surface area (Å²) < 4.78 is 15.6. The fourth-order valence-corrected chi connectivity index (χ4v) is 2.02. The van der Waals surface area contributed by atoms with Crippen LogP contribution in [0.1, 0.15) is 41.5 Å². The van der Waals surface area contributed by atoms with E-state index < -0.39 is 41.3 Å². The molecule has 7 nitrogen and oxygen atoms in total. The van der Waals surface area contributed by atoms with Gasteiger partial charge in [0.15, 0.2) is 0 Å². The third-order valence-corrected chi connectivity index (χ3v) is 2.85. The lowest BCUT2D eigenvalue weighted by atomic mass is 9.96. The van der Waals surface area contributed by atoms with Gasteiger partial charge in [0.2, 0.25) is 0 Å². The van der Waals surface area contributed by atoms with Gasteiger partial charge in [0.05, 0.1) is 19.3 Å². The lowest BCUT2D eigenvalue weighted by Gasteiger charge is -2.29. The van der Waals surface area contributed by atoms with Crippen molar-refractivity contribution in [3.8, 4) is 0 Å². The first-order valence-corrected chi connectivity index (χ1v) is 7.37. The molecule has 1 fully saturated rings. The summed E-state index contributed by atoms with van der Waals surface area (Å²) in [6, 6.07) is -1.02. The van der Waals surface area contributed by atoms with Gasteiger partial charge in [-0.05, 0) is 41.5 Å². The van der Waals surface area contributed by atoms with Gasteiger partial charge < -0.3 is 24.6 Å². The fraction of sp³-hybridized carbons (Fsp3) is 0.867. The number of nitrogens with one attached hydrogen (secondary N) is 1. The first-order valence-electron chi connectivity index (χ1n) is 7.37. The molecule has 7 heteroatoms. The van der Waals surface area contributed by atoms with Crippen LogP contribution in [0, 0.1) is 5.92 Å². The van der Waals surface area contributed by atoms with Crippen LogP contribution in [0.4, 0.5) is 4.79 Å². The number of aliphatic hydroxyl groups excluding tert-OH is 1. The molecule has 0 saturated carbocycles. The van der Waals surface area contributed by atoms with Crippen LogP contribution < -0.4 is 5.32 Å². The van der Waals surface area contributed by atoms with E-state index in [1.54, 1.807) is 41.5 Å². The number of carbonyl (C=O) groups excluding carboxylic acids is 2. The first kappa shape index (κ1) is 18.7. The maximum absolute atomic E-state index is 12.3. The summed E-state index contributed by atoms with van der Waals surface area (Å²) in [6.45, 7) is 10.7. The van der Waals surface area contributed by atoms with E-state index in [2.05, 4.69) is 5.32 Å². The number of aliphatic hydroxyl groups is 1. The maximum atomic E-state index is 12.3. The molecular formula is C15H27NO6. The molecule has 1 amide bonds. The summed E-state index contributed by atoms with van der Waals surface area (Å²) in [7, 11) is 0. The third-order valence-electron chi connectivity index (χ3n) is 2.85. The number of amides is 1. The molecule has 1 saturated heterocycles. The number of carbonyl (C=O) groups is 2. The zero-order chi connectivity index (χ0) is 17.1. The van der Waals surface area contributed by atoms with Crippen molar-refractivity contribution >= 4 is 12.1 Å². The highest BCUT2D eigenvalue weighted by Crippen LogP contribution is 2.21. The number of hydrogen-bond acceptors (Lipinski definition) is 6. The minimum atomic E-state index is -1.02. The molecule has 3 atom stereocenters.